The van der Waals surface area contributed by atoms with Crippen LogP contribution in [0.2, 0.25) is 0 Å². The third kappa shape index (κ3) is 4.42. The molecule has 0 fully saturated rings. The van der Waals surface area contributed by atoms with Crippen LogP contribution in [0.1, 0.15) is 0 Å². The van der Waals surface area contributed by atoms with E-state index < -0.39 is 4.92 Å². The van der Waals surface area contributed by atoms with Crippen molar-refractivity contribution >= 4 is 19.0 Å². The number of rotatable bonds is 3. The molecule has 2 N–H and O–H groups in total. The summed E-state index contributed by atoms with van der Waals surface area (Å²) in [6.07, 6.45) is 0. The quantitative estimate of drug-likeness (QED) is 0.474. The van der Waals surface area contributed by atoms with E-state index in [9.17, 15) is 10.1 Å². The SMILES string of the molecule is [B+2]c1cccc(Oc2ccc([N+](=O)[O-])cc2)c1.[OH-].[OH-]. The minimum absolute atomic E-state index is 0. The van der Waals surface area contributed by atoms with Crippen LogP contribution in [0.25, 0.3) is 0 Å². The van der Waals surface area contributed by atoms with Crippen LogP contribution in [-0.4, -0.2) is 23.7 Å². The summed E-state index contributed by atoms with van der Waals surface area (Å²) in [7, 11) is 5.61. The van der Waals surface area contributed by atoms with E-state index in [1.807, 2.05) is 0 Å². The van der Waals surface area contributed by atoms with Crippen molar-refractivity contribution in [3.63, 3.8) is 0 Å². The number of hydrogen-bond acceptors (Lipinski definition) is 5. The van der Waals surface area contributed by atoms with Crippen molar-refractivity contribution in [2.24, 2.45) is 0 Å². The third-order valence-corrected chi connectivity index (χ3v) is 2.14. The summed E-state index contributed by atoms with van der Waals surface area (Å²) >= 11 is 0. The number of hydrogen-bond donors (Lipinski definition) is 0. The summed E-state index contributed by atoms with van der Waals surface area (Å²) < 4.78 is 5.49. The average molecular weight is 259 g/mol. The Hall–Kier alpha value is -2.38. The van der Waals surface area contributed by atoms with Crippen LogP contribution in [0.5, 0.6) is 11.5 Å². The van der Waals surface area contributed by atoms with E-state index in [2.05, 4.69) is 0 Å². The van der Waals surface area contributed by atoms with E-state index in [1.165, 1.54) is 12.1 Å². The van der Waals surface area contributed by atoms with Crippen LogP contribution in [0.15, 0.2) is 48.5 Å². The van der Waals surface area contributed by atoms with Crippen LogP contribution in [-0.2, 0) is 0 Å². The molecule has 0 saturated heterocycles. The Morgan fingerprint density at radius 3 is 2.16 bits per heavy atom. The Morgan fingerprint density at radius 1 is 1.00 bits per heavy atom. The minimum Gasteiger partial charge on any atom is -0.870 e. The first-order valence-corrected chi connectivity index (χ1v) is 4.93. The fourth-order valence-corrected chi connectivity index (χ4v) is 1.35. The number of nitrogens with zero attached hydrogens (tertiary/aromatic N) is 1. The molecule has 7 heteroatoms. The summed E-state index contributed by atoms with van der Waals surface area (Å²) in [5.74, 6) is 1.13. The van der Waals surface area contributed by atoms with E-state index in [1.54, 1.807) is 36.4 Å². The van der Waals surface area contributed by atoms with Gasteiger partial charge < -0.3 is 11.0 Å². The van der Waals surface area contributed by atoms with Crippen LogP contribution >= 0.6 is 0 Å². The van der Waals surface area contributed by atoms with E-state index in [4.69, 9.17) is 12.6 Å². The summed E-state index contributed by atoms with van der Waals surface area (Å²) in [6, 6.07) is 12.8. The van der Waals surface area contributed by atoms with Gasteiger partial charge in [0, 0.05) is 0 Å². The van der Waals surface area contributed by atoms with Crippen molar-refractivity contribution in [3.05, 3.63) is 58.6 Å². The molecule has 0 radical (unpaired) electrons. The molecule has 2 rings (SSSR count). The van der Waals surface area contributed by atoms with Crippen molar-refractivity contribution in [1.29, 1.82) is 0 Å². The number of benzene rings is 2. The van der Waals surface area contributed by atoms with Gasteiger partial charge >= 0.3 is 98.8 Å². The smallest absolute Gasteiger partial charge is 0.870 e. The van der Waals surface area contributed by atoms with Gasteiger partial charge in [0.25, 0.3) is 0 Å². The molecule has 2 aromatic rings. The van der Waals surface area contributed by atoms with Gasteiger partial charge in [-0.15, -0.1) is 0 Å². The van der Waals surface area contributed by atoms with Crippen molar-refractivity contribution in [3.8, 4) is 11.5 Å². The van der Waals surface area contributed by atoms with Gasteiger partial charge in [-0.05, 0) is 0 Å². The van der Waals surface area contributed by atoms with Gasteiger partial charge in [0.05, 0.1) is 0 Å². The molecule has 0 aliphatic heterocycles. The summed E-state index contributed by atoms with van der Waals surface area (Å²) in [4.78, 5) is 10.0. The zero-order valence-corrected chi connectivity index (χ0v) is 9.76. The van der Waals surface area contributed by atoms with E-state index in [-0.39, 0.29) is 16.6 Å². The zero-order valence-electron chi connectivity index (χ0n) is 9.76. The minimum atomic E-state index is -0.454. The molecule has 0 spiro atoms. The fourth-order valence-electron chi connectivity index (χ4n) is 1.35. The Kier molecular flexibility index (Phi) is 6.25. The standard InChI is InChI=1S/C12H8BNO3.2H2O/c13-9-2-1-3-12(8-9)17-11-6-4-10(5-7-11)14(15)16;;/h1-8H;2*1H2/q+2;;/p-2. The molecule has 6 nitrogen and oxygen atoms in total. The Morgan fingerprint density at radius 2 is 1.63 bits per heavy atom. The molecule has 96 valence electrons. The van der Waals surface area contributed by atoms with Gasteiger partial charge in [0.15, 0.2) is 0 Å². The molecule has 0 aromatic heterocycles. The molecule has 0 heterocycles. The van der Waals surface area contributed by atoms with Crippen molar-refractivity contribution in [2.45, 2.75) is 0 Å². The topological polar surface area (TPSA) is 112 Å². The van der Waals surface area contributed by atoms with Crippen molar-refractivity contribution in [1.82, 2.24) is 0 Å². The second kappa shape index (κ2) is 7.15. The van der Waals surface area contributed by atoms with E-state index in [0.717, 1.165) is 0 Å². The van der Waals surface area contributed by atoms with Gasteiger partial charge in [0.2, 0.25) is 0 Å². The van der Waals surface area contributed by atoms with Crippen LogP contribution in [0.4, 0.5) is 5.69 Å². The largest absolute Gasteiger partial charge is 0.870 e. The average Bonchev–Trinajstić information content (AvgIpc) is 2.29. The van der Waals surface area contributed by atoms with Crippen molar-refractivity contribution < 1.29 is 20.6 Å². The van der Waals surface area contributed by atoms with Crippen LogP contribution < -0.4 is 10.2 Å². The van der Waals surface area contributed by atoms with Gasteiger partial charge in [-0.1, -0.05) is 0 Å². The van der Waals surface area contributed by atoms with Gasteiger partial charge in [0.1, 0.15) is 0 Å². The molecule has 0 amide bonds. The number of ether oxygens (including phenoxy) is 1. The molecule has 0 saturated carbocycles. The second-order valence-electron chi connectivity index (χ2n) is 3.43. The Labute approximate surface area is 110 Å². The molecule has 0 aliphatic rings. The number of nitro benzene ring substituents is 1. The Bertz CT molecular complexity index is 544. The van der Waals surface area contributed by atoms with Crippen LogP contribution in [0, 0.1) is 10.1 Å². The Balaban J connectivity index is 0.00000162. The maximum atomic E-state index is 10.5. The molecule has 0 atom stereocenters. The van der Waals surface area contributed by atoms with Gasteiger partial charge in [-0.3, -0.25) is 0 Å². The van der Waals surface area contributed by atoms with Crippen molar-refractivity contribution in [2.75, 3.05) is 0 Å². The summed E-state index contributed by atoms with van der Waals surface area (Å²) in [5.41, 5.74) is 0.634. The first-order valence-electron chi connectivity index (χ1n) is 4.93. The van der Waals surface area contributed by atoms with E-state index in [0.29, 0.717) is 17.0 Å². The predicted octanol–water partition coefficient (Wildman–Crippen LogP) is 1.83. The molecule has 0 unspecified atom stereocenters. The molecular weight excluding hydrogens is 249 g/mol. The van der Waals surface area contributed by atoms with E-state index >= 15 is 0 Å². The maximum absolute atomic E-state index is 10.5. The predicted molar refractivity (Wildman–Crippen MR) is 68.9 cm³/mol. The molecule has 19 heavy (non-hydrogen) atoms. The monoisotopic (exact) mass is 259 g/mol. The molecule has 0 aliphatic carbocycles. The first-order chi connectivity index (χ1) is 8.15. The normalized spacial score (nSPS) is 8.95. The molecular formula is C12H10BNO5. The molecule has 0 bridgehead atoms. The molecule has 2 aromatic carbocycles. The maximum Gasteiger partial charge on any atom is -0.870 e. The fraction of sp³-hybridized carbons (Fsp3) is 0. The summed E-state index contributed by atoms with van der Waals surface area (Å²) in [5, 5.41) is 10.5. The first kappa shape index (κ1) is 16.6. The number of non-ortho nitro benzene ring substituents is 1. The zero-order chi connectivity index (χ0) is 12.3. The van der Waals surface area contributed by atoms with Gasteiger partial charge in [-0.2, -0.15) is 0 Å². The second-order valence-corrected chi connectivity index (χ2v) is 3.43. The van der Waals surface area contributed by atoms with Gasteiger partial charge in [-0.25, -0.2) is 0 Å². The number of nitro groups is 1. The van der Waals surface area contributed by atoms with Crippen LogP contribution in [0.3, 0.4) is 0 Å². The third-order valence-electron chi connectivity index (χ3n) is 2.14. The summed E-state index contributed by atoms with van der Waals surface area (Å²) in [6.45, 7) is 0.